The lowest BCUT2D eigenvalue weighted by molar-refractivity contribution is 0.468. The highest BCUT2D eigenvalue weighted by Gasteiger charge is 2.19. The number of rotatable bonds is 2. The molecule has 0 fully saturated rings. The number of benzene rings is 1. The molecule has 1 N–H and O–H groups in total. The number of fused-ring (bicyclic) bond motifs is 1. The summed E-state index contributed by atoms with van der Waals surface area (Å²) in [4.78, 5) is 4.51. The van der Waals surface area contributed by atoms with Crippen LogP contribution in [0.3, 0.4) is 0 Å². The monoisotopic (exact) mass is 255 g/mol. The molecule has 1 aliphatic rings. The molecule has 3 rings (SSSR count). The normalized spacial score (nSPS) is 18.8. The molecular formula is C16H21N3. The van der Waals surface area contributed by atoms with Crippen molar-refractivity contribution in [1.29, 1.82) is 0 Å². The quantitative estimate of drug-likeness (QED) is 0.888. The Bertz CT molecular complexity index is 530. The minimum absolute atomic E-state index is 0.473. The van der Waals surface area contributed by atoms with Crippen LogP contribution in [-0.2, 0) is 6.42 Å². The summed E-state index contributed by atoms with van der Waals surface area (Å²) in [5.41, 5.74) is 2.72. The second kappa shape index (κ2) is 5.08. The molecule has 0 aliphatic carbocycles. The summed E-state index contributed by atoms with van der Waals surface area (Å²) in [6.07, 6.45) is 6.34. The van der Waals surface area contributed by atoms with E-state index in [1.807, 2.05) is 6.20 Å². The van der Waals surface area contributed by atoms with E-state index in [-0.39, 0.29) is 0 Å². The van der Waals surface area contributed by atoms with Gasteiger partial charge in [0, 0.05) is 30.5 Å². The lowest BCUT2D eigenvalue weighted by Crippen LogP contribution is -2.19. The van der Waals surface area contributed by atoms with Crippen LogP contribution in [0.1, 0.15) is 43.6 Å². The Labute approximate surface area is 114 Å². The average molecular weight is 255 g/mol. The molecule has 0 saturated carbocycles. The highest BCUT2D eigenvalue weighted by atomic mass is 15.1. The molecule has 2 heterocycles. The first-order chi connectivity index (χ1) is 9.25. The van der Waals surface area contributed by atoms with Gasteiger partial charge in [-0.15, -0.1) is 0 Å². The minimum Gasteiger partial charge on any atom is -0.383 e. The van der Waals surface area contributed by atoms with Crippen LogP contribution in [0.5, 0.6) is 0 Å². The molecule has 0 bridgehead atoms. The van der Waals surface area contributed by atoms with Gasteiger partial charge < -0.3 is 9.88 Å². The summed E-state index contributed by atoms with van der Waals surface area (Å²) < 4.78 is 2.35. The van der Waals surface area contributed by atoms with E-state index in [9.17, 15) is 0 Å². The highest BCUT2D eigenvalue weighted by molar-refractivity contribution is 5.52. The molecule has 2 aromatic rings. The molecule has 19 heavy (non-hydrogen) atoms. The summed E-state index contributed by atoms with van der Waals surface area (Å²) in [7, 11) is 0. The first kappa shape index (κ1) is 12.3. The second-order valence-electron chi connectivity index (χ2n) is 5.58. The summed E-state index contributed by atoms with van der Waals surface area (Å²) in [5, 5.41) is 3.58. The third-order valence-corrected chi connectivity index (χ3v) is 3.90. The van der Waals surface area contributed by atoms with E-state index in [0.717, 1.165) is 13.0 Å². The van der Waals surface area contributed by atoms with Gasteiger partial charge in [0.15, 0.2) is 0 Å². The third-order valence-electron chi connectivity index (χ3n) is 3.90. The lowest BCUT2D eigenvalue weighted by atomic mass is 10.1. The largest absolute Gasteiger partial charge is 0.383 e. The van der Waals surface area contributed by atoms with Gasteiger partial charge in [-0.25, -0.2) is 4.98 Å². The Kier molecular flexibility index (Phi) is 3.28. The van der Waals surface area contributed by atoms with Crippen molar-refractivity contribution in [2.75, 3.05) is 11.9 Å². The van der Waals surface area contributed by atoms with Crippen LogP contribution in [-0.4, -0.2) is 16.1 Å². The molecule has 3 heteroatoms. The van der Waals surface area contributed by atoms with E-state index < -0.39 is 0 Å². The smallest absolute Gasteiger partial charge is 0.111 e. The highest BCUT2D eigenvalue weighted by Crippen LogP contribution is 2.27. The van der Waals surface area contributed by atoms with E-state index in [1.54, 1.807) is 0 Å². The van der Waals surface area contributed by atoms with E-state index in [4.69, 9.17) is 0 Å². The molecule has 0 spiro atoms. The molecule has 0 amide bonds. The maximum absolute atomic E-state index is 4.51. The van der Waals surface area contributed by atoms with Crippen molar-refractivity contribution in [3.63, 3.8) is 0 Å². The molecule has 1 atom stereocenters. The van der Waals surface area contributed by atoms with Crippen LogP contribution >= 0.6 is 0 Å². The van der Waals surface area contributed by atoms with Gasteiger partial charge in [0.05, 0.1) is 6.04 Å². The van der Waals surface area contributed by atoms with E-state index in [0.29, 0.717) is 12.0 Å². The number of hydrogen-bond donors (Lipinski definition) is 1. The SMILES string of the molecule is CC(C)c1nccn1C1CCc2ccccc2NC1. The van der Waals surface area contributed by atoms with E-state index in [2.05, 4.69) is 59.2 Å². The Morgan fingerprint density at radius 2 is 2.16 bits per heavy atom. The Hall–Kier alpha value is -1.77. The number of imidazole rings is 1. The fourth-order valence-corrected chi connectivity index (χ4v) is 2.88. The summed E-state index contributed by atoms with van der Waals surface area (Å²) in [5.74, 6) is 1.67. The van der Waals surface area contributed by atoms with Crippen LogP contribution < -0.4 is 5.32 Å². The second-order valence-corrected chi connectivity index (χ2v) is 5.58. The number of para-hydroxylation sites is 1. The standard InChI is InChI=1S/C16H21N3/c1-12(2)16-17-9-10-19(16)14-8-7-13-5-3-4-6-15(13)18-11-14/h3-6,9-10,12,14,18H,7-8,11H2,1-2H3. The molecule has 1 aromatic heterocycles. The molecule has 1 aromatic carbocycles. The fourth-order valence-electron chi connectivity index (χ4n) is 2.88. The molecule has 0 saturated heterocycles. The van der Waals surface area contributed by atoms with Gasteiger partial charge in [-0.1, -0.05) is 32.0 Å². The van der Waals surface area contributed by atoms with Crippen molar-refractivity contribution in [3.8, 4) is 0 Å². The Morgan fingerprint density at radius 1 is 1.32 bits per heavy atom. The van der Waals surface area contributed by atoms with Gasteiger partial charge >= 0.3 is 0 Å². The number of aryl methyl sites for hydroxylation is 1. The van der Waals surface area contributed by atoms with Crippen LogP contribution in [0, 0.1) is 0 Å². The van der Waals surface area contributed by atoms with Crippen molar-refractivity contribution in [1.82, 2.24) is 9.55 Å². The van der Waals surface area contributed by atoms with E-state index in [1.165, 1.54) is 23.5 Å². The summed E-state index contributed by atoms with van der Waals surface area (Å²) in [6.45, 7) is 5.39. The van der Waals surface area contributed by atoms with Crippen LogP contribution in [0.25, 0.3) is 0 Å². The predicted molar refractivity (Wildman–Crippen MR) is 78.6 cm³/mol. The van der Waals surface area contributed by atoms with Gasteiger partial charge in [-0.05, 0) is 24.5 Å². The zero-order chi connectivity index (χ0) is 13.2. The number of hydrogen-bond acceptors (Lipinski definition) is 2. The Balaban J connectivity index is 1.84. The zero-order valence-electron chi connectivity index (χ0n) is 11.6. The minimum atomic E-state index is 0.473. The van der Waals surface area contributed by atoms with Crippen molar-refractivity contribution in [2.24, 2.45) is 0 Å². The number of anilines is 1. The van der Waals surface area contributed by atoms with Crippen LogP contribution in [0.2, 0.25) is 0 Å². The summed E-state index contributed by atoms with van der Waals surface area (Å²) >= 11 is 0. The van der Waals surface area contributed by atoms with Crippen LogP contribution in [0.15, 0.2) is 36.7 Å². The van der Waals surface area contributed by atoms with Crippen molar-refractivity contribution >= 4 is 5.69 Å². The molecule has 3 nitrogen and oxygen atoms in total. The first-order valence-corrected chi connectivity index (χ1v) is 7.10. The lowest BCUT2D eigenvalue weighted by Gasteiger charge is -2.20. The Morgan fingerprint density at radius 3 is 3.00 bits per heavy atom. The number of nitrogens with one attached hydrogen (secondary N) is 1. The zero-order valence-corrected chi connectivity index (χ0v) is 11.6. The molecule has 1 aliphatic heterocycles. The van der Waals surface area contributed by atoms with Crippen molar-refractivity contribution < 1.29 is 0 Å². The third kappa shape index (κ3) is 2.37. The molecule has 1 unspecified atom stereocenters. The van der Waals surface area contributed by atoms with Gasteiger partial charge in [0.2, 0.25) is 0 Å². The molecular weight excluding hydrogens is 234 g/mol. The van der Waals surface area contributed by atoms with Gasteiger partial charge in [0.25, 0.3) is 0 Å². The first-order valence-electron chi connectivity index (χ1n) is 7.10. The average Bonchev–Trinajstić information content (AvgIpc) is 2.80. The maximum atomic E-state index is 4.51. The van der Waals surface area contributed by atoms with E-state index >= 15 is 0 Å². The van der Waals surface area contributed by atoms with Crippen molar-refractivity contribution in [2.45, 2.75) is 38.6 Å². The van der Waals surface area contributed by atoms with Crippen molar-refractivity contribution in [3.05, 3.63) is 48.0 Å². The predicted octanol–water partition coefficient (Wildman–Crippen LogP) is 3.61. The van der Waals surface area contributed by atoms with Gasteiger partial charge in [-0.2, -0.15) is 0 Å². The van der Waals surface area contributed by atoms with Crippen LogP contribution in [0.4, 0.5) is 5.69 Å². The molecule has 0 radical (unpaired) electrons. The topological polar surface area (TPSA) is 29.9 Å². The summed E-state index contributed by atoms with van der Waals surface area (Å²) in [6, 6.07) is 9.12. The van der Waals surface area contributed by atoms with Gasteiger partial charge in [0.1, 0.15) is 5.82 Å². The van der Waals surface area contributed by atoms with Gasteiger partial charge in [-0.3, -0.25) is 0 Å². The molecule has 100 valence electrons. The fraction of sp³-hybridized carbons (Fsp3) is 0.438. The number of nitrogens with zero attached hydrogens (tertiary/aromatic N) is 2. The number of aromatic nitrogens is 2. The maximum Gasteiger partial charge on any atom is 0.111 e.